The smallest absolute Gasteiger partial charge is 0.223 e. The number of hydrogen-bond acceptors (Lipinski definition) is 3. The van der Waals surface area contributed by atoms with Gasteiger partial charge in [0.15, 0.2) is 0 Å². The zero-order chi connectivity index (χ0) is 16.1. The second-order valence-electron chi connectivity index (χ2n) is 7.14. The molecule has 1 saturated carbocycles. The molecule has 2 aliphatic rings. The van der Waals surface area contributed by atoms with Crippen LogP contribution in [-0.2, 0) is 17.9 Å². The fraction of sp³-hybridized carbons (Fsp3) is 0.632. The molecule has 1 aromatic carbocycles. The Morgan fingerprint density at radius 2 is 1.84 bits per heavy atom. The highest BCUT2D eigenvalue weighted by atomic mass is 35.5. The molecule has 2 unspecified atom stereocenters. The molecule has 0 aromatic heterocycles. The monoisotopic (exact) mass is 387 g/mol. The minimum Gasteiger partial charge on any atom is -0.352 e. The first kappa shape index (κ1) is 22.2. The Morgan fingerprint density at radius 1 is 1.12 bits per heavy atom. The topological polar surface area (TPSA) is 58.4 Å². The third-order valence-electron chi connectivity index (χ3n) is 5.15. The van der Waals surface area contributed by atoms with Crippen LogP contribution in [0.25, 0.3) is 0 Å². The lowest BCUT2D eigenvalue weighted by Gasteiger charge is -2.25. The minimum absolute atomic E-state index is 0. The predicted octanol–water partition coefficient (Wildman–Crippen LogP) is 3.26. The van der Waals surface area contributed by atoms with E-state index in [-0.39, 0.29) is 42.7 Å². The zero-order valence-electron chi connectivity index (χ0n) is 14.8. The summed E-state index contributed by atoms with van der Waals surface area (Å²) in [6.07, 6.45) is 6.58. The van der Waals surface area contributed by atoms with E-state index in [1.54, 1.807) is 0 Å². The van der Waals surface area contributed by atoms with E-state index in [0.717, 1.165) is 32.2 Å². The fourth-order valence-electron chi connectivity index (χ4n) is 3.84. The average molecular weight is 388 g/mol. The number of hydrogen-bond donors (Lipinski definition) is 2. The molecule has 1 aliphatic heterocycles. The number of nitrogens with zero attached hydrogens (tertiary/aromatic N) is 1. The molecule has 6 heteroatoms. The van der Waals surface area contributed by atoms with Gasteiger partial charge in [0.25, 0.3) is 0 Å². The second kappa shape index (κ2) is 11.0. The van der Waals surface area contributed by atoms with E-state index in [0.29, 0.717) is 6.54 Å². The standard InChI is InChI=1S/C19H29N3O.2ClH/c20-18-8-4-7-17(12-18)19(23)21-13-15-5-3-6-16(11-15)14-22-9-1-2-10-22;;/h3,5-6,11,17-18H,1-2,4,7-10,12-14,20H2,(H,21,23);2*1H. The third-order valence-corrected chi connectivity index (χ3v) is 5.15. The van der Waals surface area contributed by atoms with Gasteiger partial charge in [0.2, 0.25) is 5.91 Å². The summed E-state index contributed by atoms with van der Waals surface area (Å²) >= 11 is 0. The van der Waals surface area contributed by atoms with Gasteiger partial charge in [-0.2, -0.15) is 0 Å². The van der Waals surface area contributed by atoms with Crippen molar-refractivity contribution >= 4 is 30.7 Å². The molecular weight excluding hydrogens is 357 g/mol. The lowest BCUT2D eigenvalue weighted by Crippen LogP contribution is -2.37. The Bertz CT molecular complexity index is 535. The first-order chi connectivity index (χ1) is 11.2. The lowest BCUT2D eigenvalue weighted by atomic mass is 9.85. The number of carbonyl (C=O) groups excluding carboxylic acids is 1. The van der Waals surface area contributed by atoms with Crippen LogP contribution in [0.3, 0.4) is 0 Å². The number of nitrogens with one attached hydrogen (secondary N) is 1. The molecule has 1 heterocycles. The van der Waals surface area contributed by atoms with Gasteiger partial charge in [-0.1, -0.05) is 30.7 Å². The number of likely N-dealkylation sites (tertiary alicyclic amines) is 1. The van der Waals surface area contributed by atoms with E-state index in [1.165, 1.54) is 37.1 Å². The first-order valence-electron chi connectivity index (χ1n) is 9.04. The average Bonchev–Trinajstić information content (AvgIpc) is 3.06. The van der Waals surface area contributed by atoms with E-state index in [9.17, 15) is 4.79 Å². The van der Waals surface area contributed by atoms with Crippen LogP contribution >= 0.6 is 24.8 Å². The Hall–Kier alpha value is -0.810. The molecule has 4 nitrogen and oxygen atoms in total. The summed E-state index contributed by atoms with van der Waals surface area (Å²) in [4.78, 5) is 14.8. The molecule has 1 aliphatic carbocycles. The van der Waals surface area contributed by atoms with Crippen molar-refractivity contribution in [1.29, 1.82) is 0 Å². The fourth-order valence-corrected chi connectivity index (χ4v) is 3.84. The highest BCUT2D eigenvalue weighted by Crippen LogP contribution is 2.23. The molecule has 142 valence electrons. The maximum Gasteiger partial charge on any atom is 0.223 e. The van der Waals surface area contributed by atoms with Crippen molar-refractivity contribution in [2.45, 2.75) is 57.7 Å². The molecule has 0 spiro atoms. The van der Waals surface area contributed by atoms with Crippen LogP contribution in [0.15, 0.2) is 24.3 Å². The number of halogens is 2. The summed E-state index contributed by atoms with van der Waals surface area (Å²) in [5, 5.41) is 3.10. The van der Waals surface area contributed by atoms with Crippen LogP contribution in [0.5, 0.6) is 0 Å². The number of benzene rings is 1. The highest BCUT2D eigenvalue weighted by molar-refractivity contribution is 5.85. The number of carbonyl (C=O) groups is 1. The summed E-state index contributed by atoms with van der Waals surface area (Å²) in [7, 11) is 0. The number of amides is 1. The third kappa shape index (κ3) is 6.78. The van der Waals surface area contributed by atoms with Crippen molar-refractivity contribution in [1.82, 2.24) is 10.2 Å². The largest absolute Gasteiger partial charge is 0.352 e. The number of rotatable bonds is 5. The Labute approximate surface area is 163 Å². The van der Waals surface area contributed by atoms with E-state index < -0.39 is 0 Å². The summed E-state index contributed by atoms with van der Waals surface area (Å²) < 4.78 is 0. The van der Waals surface area contributed by atoms with Crippen molar-refractivity contribution in [2.75, 3.05) is 13.1 Å². The van der Waals surface area contributed by atoms with Crippen LogP contribution in [0, 0.1) is 5.92 Å². The van der Waals surface area contributed by atoms with Crippen molar-refractivity contribution in [3.05, 3.63) is 35.4 Å². The lowest BCUT2D eigenvalue weighted by molar-refractivity contribution is -0.126. The molecule has 1 saturated heterocycles. The Morgan fingerprint density at radius 3 is 2.56 bits per heavy atom. The van der Waals surface area contributed by atoms with Gasteiger partial charge in [0.1, 0.15) is 0 Å². The molecule has 1 aromatic rings. The van der Waals surface area contributed by atoms with Gasteiger partial charge in [0.05, 0.1) is 0 Å². The summed E-state index contributed by atoms with van der Waals surface area (Å²) in [5.74, 6) is 0.275. The van der Waals surface area contributed by atoms with Crippen LogP contribution in [0.1, 0.15) is 49.7 Å². The normalized spacial score (nSPS) is 23.4. The maximum atomic E-state index is 12.3. The molecule has 0 radical (unpaired) electrons. The Kier molecular flexibility index (Phi) is 9.80. The second-order valence-corrected chi connectivity index (χ2v) is 7.14. The molecule has 2 atom stereocenters. The molecule has 0 bridgehead atoms. The van der Waals surface area contributed by atoms with Crippen molar-refractivity contribution in [3.8, 4) is 0 Å². The van der Waals surface area contributed by atoms with Crippen LogP contribution in [-0.4, -0.2) is 29.9 Å². The summed E-state index contributed by atoms with van der Waals surface area (Å²) in [6, 6.07) is 8.81. The minimum atomic E-state index is 0. The Balaban J connectivity index is 0.00000156. The highest BCUT2D eigenvalue weighted by Gasteiger charge is 2.24. The van der Waals surface area contributed by atoms with Gasteiger partial charge >= 0.3 is 0 Å². The first-order valence-corrected chi connectivity index (χ1v) is 9.04. The van der Waals surface area contributed by atoms with E-state index in [2.05, 4.69) is 34.5 Å². The predicted molar refractivity (Wildman–Crippen MR) is 107 cm³/mol. The van der Waals surface area contributed by atoms with Crippen molar-refractivity contribution in [3.63, 3.8) is 0 Å². The molecule has 2 fully saturated rings. The van der Waals surface area contributed by atoms with Gasteiger partial charge in [0, 0.05) is 25.0 Å². The quantitative estimate of drug-likeness (QED) is 0.814. The van der Waals surface area contributed by atoms with Gasteiger partial charge in [-0.3, -0.25) is 9.69 Å². The van der Waals surface area contributed by atoms with Gasteiger partial charge < -0.3 is 11.1 Å². The molecule has 25 heavy (non-hydrogen) atoms. The van der Waals surface area contributed by atoms with E-state index in [4.69, 9.17) is 5.73 Å². The number of nitrogens with two attached hydrogens (primary N) is 1. The van der Waals surface area contributed by atoms with E-state index >= 15 is 0 Å². The van der Waals surface area contributed by atoms with Crippen LogP contribution in [0.4, 0.5) is 0 Å². The van der Waals surface area contributed by atoms with Gasteiger partial charge in [-0.05, 0) is 56.3 Å². The molecule has 3 rings (SSSR count). The van der Waals surface area contributed by atoms with Gasteiger partial charge in [-0.15, -0.1) is 24.8 Å². The summed E-state index contributed by atoms with van der Waals surface area (Å²) in [6.45, 7) is 4.07. The summed E-state index contributed by atoms with van der Waals surface area (Å²) in [5.41, 5.74) is 8.52. The molecule has 3 N–H and O–H groups in total. The molecule has 1 amide bonds. The maximum absolute atomic E-state index is 12.3. The van der Waals surface area contributed by atoms with Gasteiger partial charge in [-0.25, -0.2) is 0 Å². The molecular formula is C19H31Cl2N3O. The van der Waals surface area contributed by atoms with Crippen LogP contribution in [0.2, 0.25) is 0 Å². The van der Waals surface area contributed by atoms with Crippen LogP contribution < -0.4 is 11.1 Å². The SMILES string of the molecule is Cl.Cl.NC1CCCC(C(=O)NCc2cccc(CN3CCCC3)c2)C1. The van der Waals surface area contributed by atoms with Crippen molar-refractivity contribution < 1.29 is 4.79 Å². The van der Waals surface area contributed by atoms with E-state index in [1.807, 2.05) is 0 Å². The van der Waals surface area contributed by atoms with Crippen molar-refractivity contribution in [2.24, 2.45) is 11.7 Å². The zero-order valence-corrected chi connectivity index (χ0v) is 16.4.